The lowest BCUT2D eigenvalue weighted by molar-refractivity contribution is 0.110. The Kier molecular flexibility index (Phi) is 3.81. The van der Waals surface area contributed by atoms with Gasteiger partial charge in [0.1, 0.15) is 11.5 Å². The summed E-state index contributed by atoms with van der Waals surface area (Å²) in [6, 6.07) is 3.79. The van der Waals surface area contributed by atoms with Crippen LogP contribution < -0.4 is 10.6 Å². The highest BCUT2D eigenvalue weighted by Crippen LogP contribution is 2.25. The maximum atomic E-state index is 9.58. The zero-order valence-electron chi connectivity index (χ0n) is 10.6. The summed E-state index contributed by atoms with van der Waals surface area (Å²) in [5, 5.41) is 17.0. The number of aliphatic hydroxyl groups excluding tert-OH is 1. The third-order valence-corrected chi connectivity index (χ3v) is 3.61. The van der Waals surface area contributed by atoms with Crippen LogP contribution in [0.3, 0.4) is 0 Å². The molecule has 0 amide bonds. The molecule has 2 rings (SSSR count). The number of aromatic nitrogens is 1. The molecule has 1 aromatic rings. The number of amidine groups is 1. The van der Waals surface area contributed by atoms with Crippen molar-refractivity contribution in [1.29, 1.82) is 5.41 Å². The predicted molar refractivity (Wildman–Crippen MR) is 71.9 cm³/mol. The Hall–Kier alpha value is -1.62. The molecule has 1 fully saturated rings. The van der Waals surface area contributed by atoms with Crippen LogP contribution >= 0.6 is 0 Å². The van der Waals surface area contributed by atoms with Gasteiger partial charge in [-0.05, 0) is 37.8 Å². The number of piperidine rings is 1. The van der Waals surface area contributed by atoms with E-state index in [4.69, 9.17) is 11.1 Å². The number of pyridine rings is 1. The molecule has 1 aliphatic heterocycles. The fourth-order valence-corrected chi connectivity index (χ4v) is 2.40. The molecule has 5 heteroatoms. The number of hydrogen-bond donors (Lipinski definition) is 3. The van der Waals surface area contributed by atoms with Crippen LogP contribution in [-0.4, -0.2) is 35.1 Å². The first kappa shape index (κ1) is 12.8. The van der Waals surface area contributed by atoms with Crippen molar-refractivity contribution in [2.24, 2.45) is 11.7 Å². The molecule has 1 unspecified atom stereocenters. The van der Waals surface area contributed by atoms with Gasteiger partial charge >= 0.3 is 0 Å². The van der Waals surface area contributed by atoms with E-state index in [1.165, 1.54) is 0 Å². The van der Waals surface area contributed by atoms with Gasteiger partial charge in [0.15, 0.2) is 0 Å². The highest BCUT2D eigenvalue weighted by Gasteiger charge is 2.22. The first-order valence-electron chi connectivity index (χ1n) is 6.31. The van der Waals surface area contributed by atoms with Gasteiger partial charge in [-0.2, -0.15) is 0 Å². The Bertz CT molecular complexity index is 425. The molecule has 4 N–H and O–H groups in total. The number of rotatable bonds is 3. The van der Waals surface area contributed by atoms with Crippen LogP contribution in [0.2, 0.25) is 0 Å². The summed E-state index contributed by atoms with van der Waals surface area (Å²) < 4.78 is 0. The average molecular weight is 248 g/mol. The Labute approximate surface area is 107 Å². The van der Waals surface area contributed by atoms with Crippen LogP contribution in [-0.2, 0) is 0 Å². The van der Waals surface area contributed by atoms with Crippen LogP contribution in [0, 0.1) is 11.3 Å². The van der Waals surface area contributed by atoms with Gasteiger partial charge in [0, 0.05) is 25.0 Å². The van der Waals surface area contributed by atoms with Gasteiger partial charge in [-0.25, -0.2) is 0 Å². The zero-order valence-corrected chi connectivity index (χ0v) is 10.6. The SMILES string of the molecule is CC(O)C1CCN(c2ccnc(C(=N)N)c2)CC1. The molecular weight excluding hydrogens is 228 g/mol. The van der Waals surface area contributed by atoms with E-state index in [1.54, 1.807) is 6.20 Å². The third-order valence-electron chi connectivity index (χ3n) is 3.61. The molecule has 98 valence electrons. The second kappa shape index (κ2) is 5.35. The fraction of sp³-hybridized carbons (Fsp3) is 0.538. The number of nitrogens with two attached hydrogens (primary N) is 1. The highest BCUT2D eigenvalue weighted by atomic mass is 16.3. The lowest BCUT2D eigenvalue weighted by Crippen LogP contribution is -2.37. The molecule has 0 aromatic carbocycles. The van der Waals surface area contributed by atoms with Crippen molar-refractivity contribution >= 4 is 11.5 Å². The lowest BCUT2D eigenvalue weighted by Gasteiger charge is -2.34. The molecule has 1 atom stereocenters. The Morgan fingerprint density at radius 3 is 2.78 bits per heavy atom. The zero-order chi connectivity index (χ0) is 13.1. The van der Waals surface area contributed by atoms with E-state index in [2.05, 4.69) is 9.88 Å². The minimum absolute atomic E-state index is 0.00397. The second-order valence-electron chi connectivity index (χ2n) is 4.88. The van der Waals surface area contributed by atoms with E-state index >= 15 is 0 Å². The van der Waals surface area contributed by atoms with E-state index in [1.807, 2.05) is 19.1 Å². The smallest absolute Gasteiger partial charge is 0.141 e. The first-order chi connectivity index (χ1) is 8.58. The lowest BCUT2D eigenvalue weighted by atomic mass is 9.92. The van der Waals surface area contributed by atoms with Gasteiger partial charge in [0.05, 0.1) is 6.10 Å². The molecule has 0 aliphatic carbocycles. The van der Waals surface area contributed by atoms with Crippen molar-refractivity contribution in [3.05, 3.63) is 24.0 Å². The van der Waals surface area contributed by atoms with Gasteiger partial charge in [-0.1, -0.05) is 0 Å². The van der Waals surface area contributed by atoms with Crippen LogP contribution in [0.4, 0.5) is 5.69 Å². The summed E-state index contributed by atoms with van der Waals surface area (Å²) in [6.07, 6.45) is 3.45. The number of hydrogen-bond acceptors (Lipinski definition) is 4. The van der Waals surface area contributed by atoms with E-state index < -0.39 is 0 Å². The number of nitrogen functional groups attached to an aromatic ring is 1. The Morgan fingerprint density at radius 1 is 1.56 bits per heavy atom. The summed E-state index contributed by atoms with van der Waals surface area (Å²) in [5.74, 6) is 0.395. The molecule has 18 heavy (non-hydrogen) atoms. The van der Waals surface area contributed by atoms with Crippen molar-refractivity contribution in [2.45, 2.75) is 25.9 Å². The van der Waals surface area contributed by atoms with Gasteiger partial charge in [0.25, 0.3) is 0 Å². The van der Waals surface area contributed by atoms with Crippen molar-refractivity contribution in [3.63, 3.8) is 0 Å². The van der Waals surface area contributed by atoms with E-state index in [0.29, 0.717) is 11.6 Å². The number of nitrogens with one attached hydrogen (secondary N) is 1. The highest BCUT2D eigenvalue weighted by molar-refractivity contribution is 5.93. The minimum Gasteiger partial charge on any atom is -0.393 e. The first-order valence-corrected chi connectivity index (χ1v) is 6.31. The number of anilines is 1. The van der Waals surface area contributed by atoms with Gasteiger partial charge in [-0.3, -0.25) is 10.4 Å². The average Bonchev–Trinajstić information content (AvgIpc) is 2.39. The quantitative estimate of drug-likeness (QED) is 0.549. The van der Waals surface area contributed by atoms with Crippen LogP contribution in [0.5, 0.6) is 0 Å². The summed E-state index contributed by atoms with van der Waals surface area (Å²) in [4.78, 5) is 6.32. The van der Waals surface area contributed by atoms with Crippen molar-refractivity contribution in [2.75, 3.05) is 18.0 Å². The van der Waals surface area contributed by atoms with Crippen molar-refractivity contribution in [3.8, 4) is 0 Å². The van der Waals surface area contributed by atoms with Crippen molar-refractivity contribution < 1.29 is 5.11 Å². The molecule has 0 saturated carbocycles. The number of nitrogens with zero attached hydrogens (tertiary/aromatic N) is 2. The molecule has 5 nitrogen and oxygen atoms in total. The molecule has 0 spiro atoms. The van der Waals surface area contributed by atoms with E-state index in [9.17, 15) is 5.11 Å². The molecule has 1 saturated heterocycles. The Balaban J connectivity index is 2.05. The molecule has 0 bridgehead atoms. The topological polar surface area (TPSA) is 86.2 Å². The van der Waals surface area contributed by atoms with Gasteiger partial charge in [-0.15, -0.1) is 0 Å². The molecular formula is C13H20N4O. The van der Waals surface area contributed by atoms with E-state index in [0.717, 1.165) is 31.6 Å². The maximum Gasteiger partial charge on any atom is 0.141 e. The molecule has 0 radical (unpaired) electrons. The fourth-order valence-electron chi connectivity index (χ4n) is 2.40. The summed E-state index contributed by atoms with van der Waals surface area (Å²) in [7, 11) is 0. The Morgan fingerprint density at radius 2 is 2.22 bits per heavy atom. The largest absolute Gasteiger partial charge is 0.393 e. The normalized spacial score (nSPS) is 18.7. The maximum absolute atomic E-state index is 9.58. The molecule has 2 heterocycles. The van der Waals surface area contributed by atoms with Gasteiger partial charge < -0.3 is 15.7 Å². The van der Waals surface area contributed by atoms with Gasteiger partial charge in [0.2, 0.25) is 0 Å². The van der Waals surface area contributed by atoms with Crippen LogP contribution in [0.15, 0.2) is 18.3 Å². The molecule has 1 aromatic heterocycles. The van der Waals surface area contributed by atoms with Crippen molar-refractivity contribution in [1.82, 2.24) is 4.98 Å². The standard InChI is InChI=1S/C13H20N4O/c1-9(18)10-3-6-17(7-4-10)11-2-5-16-12(8-11)13(14)15/h2,5,8-10,18H,3-4,6-7H2,1H3,(H3,14,15). The van der Waals surface area contributed by atoms with E-state index in [-0.39, 0.29) is 11.9 Å². The second-order valence-corrected chi connectivity index (χ2v) is 4.88. The molecule has 1 aliphatic rings. The summed E-state index contributed by atoms with van der Waals surface area (Å²) in [6.45, 7) is 3.72. The summed E-state index contributed by atoms with van der Waals surface area (Å²) in [5.41, 5.74) is 7.02. The number of aliphatic hydroxyl groups is 1. The summed E-state index contributed by atoms with van der Waals surface area (Å²) >= 11 is 0. The monoisotopic (exact) mass is 248 g/mol. The van der Waals surface area contributed by atoms with Crippen LogP contribution in [0.1, 0.15) is 25.5 Å². The third kappa shape index (κ3) is 2.79. The minimum atomic E-state index is -0.225. The van der Waals surface area contributed by atoms with Crippen LogP contribution in [0.25, 0.3) is 0 Å². The predicted octanol–water partition coefficient (Wildman–Crippen LogP) is 0.963.